The first-order valence-corrected chi connectivity index (χ1v) is 10.4. The molecule has 154 valence electrons. The molecule has 0 aliphatic carbocycles. The number of aromatic amines is 1. The van der Waals surface area contributed by atoms with Gasteiger partial charge in [0.1, 0.15) is 0 Å². The van der Waals surface area contributed by atoms with E-state index in [2.05, 4.69) is 31.5 Å². The average Bonchev–Trinajstić information content (AvgIpc) is 3.22. The maximum absolute atomic E-state index is 9.62. The van der Waals surface area contributed by atoms with Crippen LogP contribution < -0.4 is 10.2 Å². The molecule has 4 aromatic rings. The SMILES string of the molecule is Cc1ccc(C#N)c(-c2nc(Nc3n[nH]c4ccccc34)nc(N3CCCCC3)n2)c1. The number of fused-ring (bicyclic) bond motifs is 1. The zero-order valence-electron chi connectivity index (χ0n) is 17.3. The number of rotatable bonds is 4. The van der Waals surface area contributed by atoms with Gasteiger partial charge in [-0.05, 0) is 50.5 Å². The van der Waals surface area contributed by atoms with Crippen LogP contribution >= 0.6 is 0 Å². The Bertz CT molecular complexity index is 1280. The molecule has 3 heterocycles. The average molecular weight is 410 g/mol. The molecule has 0 radical (unpaired) electrons. The summed E-state index contributed by atoms with van der Waals surface area (Å²) in [5, 5.41) is 21.2. The van der Waals surface area contributed by atoms with Gasteiger partial charge < -0.3 is 10.2 Å². The van der Waals surface area contributed by atoms with Crippen molar-refractivity contribution < 1.29 is 0 Å². The topological polar surface area (TPSA) is 106 Å². The third-order valence-electron chi connectivity index (χ3n) is 5.50. The van der Waals surface area contributed by atoms with E-state index in [4.69, 9.17) is 9.97 Å². The highest BCUT2D eigenvalue weighted by Gasteiger charge is 2.19. The summed E-state index contributed by atoms with van der Waals surface area (Å²) in [5.41, 5.74) is 3.22. The fraction of sp³-hybridized carbons (Fsp3) is 0.261. The minimum Gasteiger partial charge on any atom is -0.341 e. The lowest BCUT2D eigenvalue weighted by Crippen LogP contribution is -2.31. The maximum Gasteiger partial charge on any atom is 0.233 e. The van der Waals surface area contributed by atoms with Crippen molar-refractivity contribution in [1.29, 1.82) is 5.26 Å². The lowest BCUT2D eigenvalue weighted by molar-refractivity contribution is 0.568. The van der Waals surface area contributed by atoms with E-state index >= 15 is 0 Å². The summed E-state index contributed by atoms with van der Waals surface area (Å²) in [6.45, 7) is 3.81. The van der Waals surface area contributed by atoms with Crippen LogP contribution in [0, 0.1) is 18.3 Å². The van der Waals surface area contributed by atoms with Gasteiger partial charge in [-0.15, -0.1) is 0 Å². The first-order valence-electron chi connectivity index (χ1n) is 10.4. The molecule has 0 amide bonds. The van der Waals surface area contributed by atoms with Crippen molar-refractivity contribution in [2.75, 3.05) is 23.3 Å². The number of piperidine rings is 1. The Balaban J connectivity index is 1.61. The van der Waals surface area contributed by atoms with Crippen LogP contribution in [-0.4, -0.2) is 38.2 Å². The molecule has 2 aromatic carbocycles. The molecule has 31 heavy (non-hydrogen) atoms. The highest BCUT2D eigenvalue weighted by Crippen LogP contribution is 2.28. The summed E-state index contributed by atoms with van der Waals surface area (Å²) >= 11 is 0. The number of aromatic nitrogens is 5. The van der Waals surface area contributed by atoms with Crippen molar-refractivity contribution in [2.45, 2.75) is 26.2 Å². The number of para-hydroxylation sites is 1. The molecule has 1 saturated heterocycles. The summed E-state index contributed by atoms with van der Waals surface area (Å²) in [6, 6.07) is 15.8. The molecule has 0 bridgehead atoms. The van der Waals surface area contributed by atoms with E-state index in [1.807, 2.05) is 49.4 Å². The van der Waals surface area contributed by atoms with Gasteiger partial charge >= 0.3 is 0 Å². The van der Waals surface area contributed by atoms with E-state index < -0.39 is 0 Å². The summed E-state index contributed by atoms with van der Waals surface area (Å²) in [7, 11) is 0. The number of nitriles is 1. The molecule has 2 aromatic heterocycles. The molecular weight excluding hydrogens is 388 g/mol. The molecule has 0 saturated carbocycles. The number of benzene rings is 2. The monoisotopic (exact) mass is 410 g/mol. The number of hydrogen-bond donors (Lipinski definition) is 2. The highest BCUT2D eigenvalue weighted by atomic mass is 15.3. The molecular formula is C23H22N8. The van der Waals surface area contributed by atoms with Gasteiger partial charge in [-0.25, -0.2) is 0 Å². The summed E-state index contributed by atoms with van der Waals surface area (Å²) in [5.74, 6) is 2.17. The molecule has 1 fully saturated rings. The zero-order valence-corrected chi connectivity index (χ0v) is 17.3. The zero-order chi connectivity index (χ0) is 21.2. The lowest BCUT2D eigenvalue weighted by Gasteiger charge is -2.27. The number of hydrogen-bond acceptors (Lipinski definition) is 7. The number of anilines is 3. The minimum absolute atomic E-state index is 0.410. The Morgan fingerprint density at radius 2 is 1.87 bits per heavy atom. The van der Waals surface area contributed by atoms with Gasteiger partial charge in [0.05, 0.1) is 17.1 Å². The molecule has 0 unspecified atom stereocenters. The van der Waals surface area contributed by atoms with Crippen molar-refractivity contribution in [3.8, 4) is 17.5 Å². The summed E-state index contributed by atoms with van der Waals surface area (Å²) < 4.78 is 0. The van der Waals surface area contributed by atoms with Gasteiger partial charge in [-0.1, -0.05) is 23.8 Å². The Morgan fingerprint density at radius 3 is 2.71 bits per heavy atom. The quantitative estimate of drug-likeness (QED) is 0.516. The first-order chi connectivity index (χ1) is 15.2. The highest BCUT2D eigenvalue weighted by molar-refractivity contribution is 5.90. The van der Waals surface area contributed by atoms with Gasteiger partial charge in [-0.3, -0.25) is 5.10 Å². The van der Waals surface area contributed by atoms with E-state index in [0.717, 1.165) is 42.4 Å². The van der Waals surface area contributed by atoms with Crippen molar-refractivity contribution in [2.24, 2.45) is 0 Å². The van der Waals surface area contributed by atoms with Gasteiger partial charge in [0, 0.05) is 24.0 Å². The molecule has 5 rings (SSSR count). The summed E-state index contributed by atoms with van der Waals surface area (Å²) in [4.78, 5) is 16.3. The third-order valence-corrected chi connectivity index (χ3v) is 5.50. The van der Waals surface area contributed by atoms with Crippen LogP contribution in [0.5, 0.6) is 0 Å². The number of aryl methyl sites for hydroxylation is 1. The Kier molecular flexibility index (Phi) is 4.92. The van der Waals surface area contributed by atoms with Crippen LogP contribution in [0.25, 0.3) is 22.3 Å². The Morgan fingerprint density at radius 1 is 1.03 bits per heavy atom. The second-order valence-electron chi connectivity index (χ2n) is 7.73. The van der Waals surface area contributed by atoms with Crippen LogP contribution in [0.4, 0.5) is 17.7 Å². The first kappa shape index (κ1) is 19.0. The van der Waals surface area contributed by atoms with E-state index in [0.29, 0.717) is 34.7 Å². The molecule has 0 atom stereocenters. The molecule has 1 aliphatic rings. The fourth-order valence-corrected chi connectivity index (χ4v) is 3.88. The van der Waals surface area contributed by atoms with E-state index in [-0.39, 0.29) is 0 Å². The van der Waals surface area contributed by atoms with Crippen molar-refractivity contribution in [3.63, 3.8) is 0 Å². The lowest BCUT2D eigenvalue weighted by atomic mass is 10.0. The van der Waals surface area contributed by atoms with Gasteiger partial charge in [0.2, 0.25) is 11.9 Å². The smallest absolute Gasteiger partial charge is 0.233 e. The molecule has 2 N–H and O–H groups in total. The molecule has 8 heteroatoms. The van der Waals surface area contributed by atoms with Crippen LogP contribution in [0.15, 0.2) is 42.5 Å². The predicted molar refractivity (Wildman–Crippen MR) is 120 cm³/mol. The Labute approximate surface area is 180 Å². The van der Waals surface area contributed by atoms with E-state index in [1.165, 1.54) is 6.42 Å². The molecule has 8 nitrogen and oxygen atoms in total. The Hall–Kier alpha value is -3.99. The maximum atomic E-state index is 9.62. The van der Waals surface area contributed by atoms with E-state index in [1.54, 1.807) is 0 Å². The number of nitrogens with one attached hydrogen (secondary N) is 2. The van der Waals surface area contributed by atoms with Crippen molar-refractivity contribution in [3.05, 3.63) is 53.6 Å². The van der Waals surface area contributed by atoms with Crippen molar-refractivity contribution >= 4 is 28.6 Å². The van der Waals surface area contributed by atoms with Gasteiger partial charge in [0.15, 0.2) is 11.6 Å². The fourth-order valence-electron chi connectivity index (χ4n) is 3.88. The standard InChI is InChI=1S/C23H22N8/c1-15-9-10-16(14-24)18(13-15)20-25-22(28-23(27-20)31-11-5-2-6-12-31)26-21-17-7-3-4-8-19(17)29-30-21/h3-4,7-10,13H,2,5-6,11-12H2,1H3,(H2,25,26,27,28,29,30). The van der Waals surface area contributed by atoms with Crippen molar-refractivity contribution in [1.82, 2.24) is 25.1 Å². The predicted octanol–water partition coefficient (Wildman–Crippen LogP) is 4.33. The van der Waals surface area contributed by atoms with Crippen LogP contribution in [0.2, 0.25) is 0 Å². The number of nitrogens with zero attached hydrogens (tertiary/aromatic N) is 6. The van der Waals surface area contributed by atoms with Crippen LogP contribution in [0.3, 0.4) is 0 Å². The van der Waals surface area contributed by atoms with Gasteiger partial charge in [-0.2, -0.15) is 25.3 Å². The van der Waals surface area contributed by atoms with Crippen LogP contribution in [0.1, 0.15) is 30.4 Å². The minimum atomic E-state index is 0.410. The molecule has 0 spiro atoms. The largest absolute Gasteiger partial charge is 0.341 e. The van der Waals surface area contributed by atoms with Crippen LogP contribution in [-0.2, 0) is 0 Å². The number of H-pyrrole nitrogens is 1. The van der Waals surface area contributed by atoms with E-state index in [9.17, 15) is 5.26 Å². The second kappa shape index (κ2) is 8.03. The third kappa shape index (κ3) is 3.78. The normalized spacial score (nSPS) is 13.9. The molecule has 1 aliphatic heterocycles. The van der Waals surface area contributed by atoms with Gasteiger partial charge in [0.25, 0.3) is 0 Å². The summed E-state index contributed by atoms with van der Waals surface area (Å²) in [6.07, 6.45) is 3.44. The second-order valence-corrected chi connectivity index (χ2v) is 7.73.